The number of nitro groups is 1. The fourth-order valence-electron chi connectivity index (χ4n) is 9.37. The molecule has 4 aliphatic carbocycles. The molecular formula is C34H49NO4S. The fraction of sp³-hybridized carbons (Fsp3) is 0.735. The summed E-state index contributed by atoms with van der Waals surface area (Å²) in [4.78, 5) is 23.1. The molecule has 7 atom stereocenters. The summed E-state index contributed by atoms with van der Waals surface area (Å²) in [6, 6.07) is 5.74. The number of nitro benzene ring substituents is 1. The van der Waals surface area contributed by atoms with Gasteiger partial charge in [-0.05, 0) is 116 Å². The lowest BCUT2D eigenvalue weighted by molar-refractivity contribution is -0.384. The van der Waals surface area contributed by atoms with Crippen LogP contribution in [0.3, 0.4) is 0 Å². The van der Waals surface area contributed by atoms with Gasteiger partial charge in [0.25, 0.3) is 5.69 Å². The first-order valence-corrected chi connectivity index (χ1v) is 16.9. The van der Waals surface area contributed by atoms with E-state index in [1.807, 2.05) is 0 Å². The smallest absolute Gasteiger partial charge is 0.372 e. The van der Waals surface area contributed by atoms with E-state index in [4.69, 9.17) is 4.74 Å². The number of non-ortho nitro benzene ring substituents is 1. The normalized spacial score (nSPS) is 34.8. The van der Waals surface area contributed by atoms with Crippen LogP contribution in [0.25, 0.3) is 0 Å². The van der Waals surface area contributed by atoms with Crippen molar-refractivity contribution in [1.82, 2.24) is 0 Å². The van der Waals surface area contributed by atoms with Crippen molar-refractivity contribution in [2.24, 2.45) is 34.5 Å². The summed E-state index contributed by atoms with van der Waals surface area (Å²) in [6.07, 6.45) is 22.5. The number of thioether (sulfide) groups is 1. The number of allylic oxidation sites excluding steroid dienone is 2. The number of hydrogen-bond acceptors (Lipinski definition) is 5. The van der Waals surface area contributed by atoms with Crippen molar-refractivity contribution in [1.29, 1.82) is 0 Å². The minimum absolute atomic E-state index is 0.00415. The third kappa shape index (κ3) is 6.03. The SMILES string of the molecule is CCCCCCCCC1CCC2C3CC=C4C[C@@H](SC(=O)Oc5ccc([N+](=O)[O-])cc5)CC[C@]4(C)C3CC[C@]12C. The summed E-state index contributed by atoms with van der Waals surface area (Å²) in [5, 5.41) is 10.8. The van der Waals surface area contributed by atoms with Crippen LogP contribution in [0, 0.1) is 44.6 Å². The first-order valence-electron chi connectivity index (χ1n) is 16.1. The van der Waals surface area contributed by atoms with Crippen LogP contribution >= 0.6 is 11.8 Å². The van der Waals surface area contributed by atoms with Gasteiger partial charge in [-0.25, -0.2) is 4.79 Å². The zero-order chi connectivity index (χ0) is 28.3. The molecule has 1 aromatic rings. The zero-order valence-corrected chi connectivity index (χ0v) is 25.7. The van der Waals surface area contributed by atoms with Gasteiger partial charge in [-0.1, -0.05) is 70.9 Å². The Hall–Kier alpha value is -1.82. The van der Waals surface area contributed by atoms with Crippen molar-refractivity contribution < 1.29 is 14.5 Å². The van der Waals surface area contributed by atoms with Gasteiger partial charge in [0.15, 0.2) is 0 Å². The Morgan fingerprint density at radius 2 is 1.75 bits per heavy atom. The molecule has 0 saturated heterocycles. The van der Waals surface area contributed by atoms with Gasteiger partial charge in [-0.2, -0.15) is 0 Å². The highest BCUT2D eigenvalue weighted by molar-refractivity contribution is 8.13. The molecule has 0 amide bonds. The molecule has 5 nitrogen and oxygen atoms in total. The number of nitrogens with zero attached hydrogens (tertiary/aromatic N) is 1. The van der Waals surface area contributed by atoms with Gasteiger partial charge in [0.05, 0.1) is 4.92 Å². The van der Waals surface area contributed by atoms with Crippen molar-refractivity contribution in [2.45, 2.75) is 122 Å². The summed E-state index contributed by atoms with van der Waals surface area (Å²) < 4.78 is 5.50. The van der Waals surface area contributed by atoms with E-state index in [9.17, 15) is 14.9 Å². The van der Waals surface area contributed by atoms with Crippen LogP contribution in [-0.4, -0.2) is 15.5 Å². The summed E-state index contributed by atoms with van der Waals surface area (Å²) in [7, 11) is 0. The summed E-state index contributed by atoms with van der Waals surface area (Å²) in [5.74, 6) is 3.79. The zero-order valence-electron chi connectivity index (χ0n) is 24.9. The van der Waals surface area contributed by atoms with Crippen LogP contribution in [0.1, 0.15) is 117 Å². The molecule has 0 spiro atoms. The predicted octanol–water partition coefficient (Wildman–Crippen LogP) is 10.5. The van der Waals surface area contributed by atoms with Crippen LogP contribution in [0.5, 0.6) is 5.75 Å². The van der Waals surface area contributed by atoms with Crippen molar-refractivity contribution in [3.8, 4) is 5.75 Å². The highest BCUT2D eigenvalue weighted by Gasteiger charge is 2.58. The second kappa shape index (κ2) is 12.6. The third-order valence-electron chi connectivity index (χ3n) is 11.7. The second-order valence-corrected chi connectivity index (χ2v) is 15.0. The lowest BCUT2D eigenvalue weighted by Crippen LogP contribution is -2.50. The van der Waals surface area contributed by atoms with Crippen molar-refractivity contribution in [3.63, 3.8) is 0 Å². The molecule has 220 valence electrons. The van der Waals surface area contributed by atoms with E-state index in [1.54, 1.807) is 5.57 Å². The molecule has 40 heavy (non-hydrogen) atoms. The molecular weight excluding hydrogens is 518 g/mol. The molecule has 5 rings (SSSR count). The Balaban J connectivity index is 1.16. The number of rotatable bonds is 10. The third-order valence-corrected chi connectivity index (χ3v) is 12.7. The molecule has 3 fully saturated rings. The Morgan fingerprint density at radius 1 is 1.00 bits per heavy atom. The van der Waals surface area contributed by atoms with Gasteiger partial charge in [0.2, 0.25) is 0 Å². The molecule has 0 heterocycles. The van der Waals surface area contributed by atoms with Gasteiger partial charge in [0, 0.05) is 17.4 Å². The lowest BCUT2D eigenvalue weighted by Gasteiger charge is -2.58. The second-order valence-electron chi connectivity index (χ2n) is 13.7. The molecule has 3 saturated carbocycles. The van der Waals surface area contributed by atoms with E-state index in [-0.39, 0.29) is 21.7 Å². The Labute approximate surface area is 245 Å². The van der Waals surface area contributed by atoms with Crippen LogP contribution in [0.4, 0.5) is 10.5 Å². The monoisotopic (exact) mass is 567 g/mol. The van der Waals surface area contributed by atoms with Gasteiger partial charge in [-0.3, -0.25) is 10.1 Å². The minimum atomic E-state index is -0.448. The topological polar surface area (TPSA) is 69.4 Å². The average Bonchev–Trinajstić information content (AvgIpc) is 3.27. The van der Waals surface area contributed by atoms with Gasteiger partial charge in [-0.15, -0.1) is 0 Å². The number of fused-ring (bicyclic) bond motifs is 5. The van der Waals surface area contributed by atoms with E-state index in [0.29, 0.717) is 11.2 Å². The van der Waals surface area contributed by atoms with Crippen molar-refractivity contribution in [3.05, 3.63) is 46.0 Å². The first kappa shape index (κ1) is 29.7. The van der Waals surface area contributed by atoms with Gasteiger partial charge < -0.3 is 4.74 Å². The molecule has 0 bridgehead atoms. The Kier molecular flexibility index (Phi) is 9.34. The van der Waals surface area contributed by atoms with Crippen LogP contribution in [0.15, 0.2) is 35.9 Å². The largest absolute Gasteiger partial charge is 0.418 e. The van der Waals surface area contributed by atoms with Crippen LogP contribution in [-0.2, 0) is 0 Å². The standard InChI is InChI=1S/C34H49NO4S/c1-4-5-6-7-8-9-10-24-12-18-30-29-17-11-25-23-28(19-21-34(25,3)31(29)20-22-33(24,30)2)40-32(36)39-27-15-13-26(14-16-27)35(37)38/h11,13-16,24,28-31H,4-10,12,17-23H2,1-3H3/t24?,28-,29?,30?,31?,33+,34-/m0/s1. The molecule has 1 aromatic carbocycles. The minimum Gasteiger partial charge on any atom is -0.418 e. The van der Waals surface area contributed by atoms with Gasteiger partial charge in [0.1, 0.15) is 5.75 Å². The summed E-state index contributed by atoms with van der Waals surface area (Å²) >= 11 is 1.30. The number of carbonyl (C=O) groups excluding carboxylic acids is 1. The molecule has 4 unspecified atom stereocenters. The lowest BCUT2D eigenvalue weighted by atomic mass is 9.47. The molecule has 0 aromatic heterocycles. The molecule has 6 heteroatoms. The van der Waals surface area contributed by atoms with E-state index in [1.165, 1.54) is 113 Å². The van der Waals surface area contributed by atoms with E-state index in [0.717, 1.165) is 42.9 Å². The van der Waals surface area contributed by atoms with Crippen LogP contribution in [0.2, 0.25) is 0 Å². The number of benzene rings is 1. The summed E-state index contributed by atoms with van der Waals surface area (Å²) in [5.41, 5.74) is 2.41. The molecule has 4 aliphatic rings. The maximum absolute atomic E-state index is 12.7. The number of ether oxygens (including phenoxy) is 1. The molecule has 0 aliphatic heterocycles. The number of unbranched alkanes of at least 4 members (excludes halogenated alkanes) is 5. The van der Waals surface area contributed by atoms with E-state index in [2.05, 4.69) is 26.8 Å². The highest BCUT2D eigenvalue weighted by Crippen LogP contribution is 2.67. The maximum atomic E-state index is 12.7. The van der Waals surface area contributed by atoms with E-state index < -0.39 is 4.92 Å². The highest BCUT2D eigenvalue weighted by atomic mass is 32.2. The maximum Gasteiger partial charge on any atom is 0.372 e. The van der Waals surface area contributed by atoms with Crippen LogP contribution < -0.4 is 4.74 Å². The van der Waals surface area contributed by atoms with E-state index >= 15 is 0 Å². The number of carbonyl (C=O) groups is 1. The van der Waals surface area contributed by atoms with Crippen molar-refractivity contribution in [2.75, 3.05) is 0 Å². The quantitative estimate of drug-likeness (QED) is 0.0924. The summed E-state index contributed by atoms with van der Waals surface area (Å²) in [6.45, 7) is 7.50. The Bertz CT molecular complexity index is 1090. The Morgan fingerprint density at radius 3 is 2.50 bits per heavy atom. The molecule has 0 N–H and O–H groups in total. The average molecular weight is 568 g/mol. The van der Waals surface area contributed by atoms with Gasteiger partial charge >= 0.3 is 5.30 Å². The van der Waals surface area contributed by atoms with Crippen molar-refractivity contribution >= 4 is 22.8 Å². The number of hydrogen-bond donors (Lipinski definition) is 0. The first-order chi connectivity index (χ1) is 19.2. The molecule has 0 radical (unpaired) electrons. The predicted molar refractivity (Wildman–Crippen MR) is 164 cm³/mol. The fourth-order valence-corrected chi connectivity index (χ4v) is 10.3.